The van der Waals surface area contributed by atoms with Crippen molar-refractivity contribution in [3.8, 4) is 0 Å². The lowest BCUT2D eigenvalue weighted by atomic mass is 9.78. The summed E-state index contributed by atoms with van der Waals surface area (Å²) in [6, 6.07) is 2.23. The Labute approximate surface area is 90.1 Å². The molecule has 1 fully saturated rings. The molecule has 0 N–H and O–H groups in total. The van der Waals surface area contributed by atoms with Crippen LogP contribution in [0.5, 0.6) is 0 Å². The summed E-state index contributed by atoms with van der Waals surface area (Å²) in [6.45, 7) is 4.99. The van der Waals surface area contributed by atoms with Crippen LogP contribution in [-0.2, 0) is 11.2 Å². The minimum Gasteiger partial charge on any atom is -0.380 e. The van der Waals surface area contributed by atoms with Gasteiger partial charge in [0.2, 0.25) is 0 Å². The largest absolute Gasteiger partial charge is 0.380 e. The smallest absolute Gasteiger partial charge is 0.0644 e. The molecule has 1 aromatic rings. The van der Waals surface area contributed by atoms with Gasteiger partial charge >= 0.3 is 0 Å². The van der Waals surface area contributed by atoms with Crippen LogP contribution in [0, 0.1) is 12.3 Å². The number of hydrogen-bond donors (Lipinski definition) is 0. The lowest BCUT2D eigenvalue weighted by Gasteiger charge is -2.47. The topological polar surface area (TPSA) is 25.4 Å². The highest BCUT2D eigenvalue weighted by atomic mass is 16.5. The normalized spacial score (nSPS) is 22.4. The maximum absolute atomic E-state index is 5.35. The lowest BCUT2D eigenvalue weighted by molar-refractivity contribution is -0.109. The third-order valence-electron chi connectivity index (χ3n) is 3.43. The number of aromatic nitrogens is 1. The highest BCUT2D eigenvalue weighted by Crippen LogP contribution is 2.39. The van der Waals surface area contributed by atoms with Gasteiger partial charge in [0.25, 0.3) is 0 Å². The van der Waals surface area contributed by atoms with Crippen molar-refractivity contribution in [3.05, 3.63) is 23.5 Å². The zero-order valence-corrected chi connectivity index (χ0v) is 9.29. The first-order chi connectivity index (χ1) is 7.19. The third-order valence-corrected chi connectivity index (χ3v) is 3.43. The summed E-state index contributed by atoms with van der Waals surface area (Å²) in [5, 5.41) is 0. The van der Waals surface area contributed by atoms with Crippen molar-refractivity contribution in [2.45, 2.75) is 13.3 Å². The van der Waals surface area contributed by atoms with Crippen molar-refractivity contribution in [2.75, 3.05) is 31.7 Å². The summed E-state index contributed by atoms with van der Waals surface area (Å²) in [6.07, 6.45) is 3.04. The predicted octanol–water partition coefficient (Wildman–Crippen LogP) is 1.40. The van der Waals surface area contributed by atoms with E-state index in [1.54, 1.807) is 0 Å². The van der Waals surface area contributed by atoms with Crippen LogP contribution in [0.1, 0.15) is 11.3 Å². The number of hydrogen-bond acceptors (Lipinski definition) is 3. The number of nitrogens with zero attached hydrogens (tertiary/aromatic N) is 2. The number of anilines is 1. The molecular formula is C12H16N2O. The molecule has 1 aromatic heterocycles. The van der Waals surface area contributed by atoms with E-state index >= 15 is 0 Å². The average molecular weight is 204 g/mol. The van der Waals surface area contributed by atoms with Crippen molar-refractivity contribution in [2.24, 2.45) is 5.41 Å². The van der Waals surface area contributed by atoms with Crippen LogP contribution in [-0.4, -0.2) is 31.8 Å². The SMILES string of the molecule is Cc1cnc2c(c1)N(C)CC1(COC1)C2. The van der Waals surface area contributed by atoms with E-state index in [1.165, 1.54) is 16.9 Å². The Bertz CT molecular complexity index is 399. The summed E-state index contributed by atoms with van der Waals surface area (Å²) in [5.41, 5.74) is 4.12. The first-order valence-corrected chi connectivity index (χ1v) is 5.43. The predicted molar refractivity (Wildman–Crippen MR) is 59.2 cm³/mol. The maximum atomic E-state index is 5.35. The number of fused-ring (bicyclic) bond motifs is 1. The first kappa shape index (κ1) is 9.16. The molecule has 0 aliphatic carbocycles. The monoisotopic (exact) mass is 204 g/mol. The van der Waals surface area contributed by atoms with E-state index in [4.69, 9.17) is 4.74 Å². The van der Waals surface area contributed by atoms with Crippen LogP contribution in [0.2, 0.25) is 0 Å². The van der Waals surface area contributed by atoms with E-state index in [9.17, 15) is 0 Å². The van der Waals surface area contributed by atoms with E-state index < -0.39 is 0 Å². The van der Waals surface area contributed by atoms with Gasteiger partial charge in [0.05, 0.1) is 24.6 Å². The summed E-state index contributed by atoms with van der Waals surface area (Å²) < 4.78 is 5.35. The zero-order chi connectivity index (χ0) is 10.5. The molecule has 0 saturated carbocycles. The van der Waals surface area contributed by atoms with E-state index in [0.717, 1.165) is 26.2 Å². The molecule has 80 valence electrons. The Hall–Kier alpha value is -1.09. The zero-order valence-electron chi connectivity index (χ0n) is 9.29. The second-order valence-corrected chi connectivity index (χ2v) is 5.00. The van der Waals surface area contributed by atoms with E-state index in [1.807, 2.05) is 6.20 Å². The number of ether oxygens (including phenoxy) is 1. The molecule has 1 saturated heterocycles. The Kier molecular flexibility index (Phi) is 1.80. The molecule has 0 radical (unpaired) electrons. The van der Waals surface area contributed by atoms with Gasteiger partial charge in [-0.2, -0.15) is 0 Å². The highest BCUT2D eigenvalue weighted by Gasteiger charge is 2.43. The van der Waals surface area contributed by atoms with Crippen LogP contribution in [0.25, 0.3) is 0 Å². The molecule has 0 unspecified atom stereocenters. The Morgan fingerprint density at radius 3 is 2.93 bits per heavy atom. The van der Waals surface area contributed by atoms with E-state index in [-0.39, 0.29) is 0 Å². The van der Waals surface area contributed by atoms with Gasteiger partial charge in [-0.3, -0.25) is 4.98 Å². The molecule has 2 aliphatic heterocycles. The standard InChI is InChI=1S/C12H16N2O/c1-9-3-11-10(13-5-9)4-12(6-14(11)2)7-15-8-12/h3,5H,4,6-8H2,1-2H3. The average Bonchev–Trinajstić information content (AvgIpc) is 2.16. The molecular weight excluding hydrogens is 188 g/mol. The molecule has 0 atom stereocenters. The van der Waals surface area contributed by atoms with Crippen LogP contribution >= 0.6 is 0 Å². The quantitative estimate of drug-likeness (QED) is 0.638. The minimum absolute atomic E-state index is 0.351. The molecule has 0 bridgehead atoms. The van der Waals surface area contributed by atoms with Gasteiger partial charge < -0.3 is 9.64 Å². The number of rotatable bonds is 0. The fraction of sp³-hybridized carbons (Fsp3) is 0.583. The molecule has 0 aromatic carbocycles. The van der Waals surface area contributed by atoms with Crippen molar-refractivity contribution < 1.29 is 4.74 Å². The van der Waals surface area contributed by atoms with Crippen LogP contribution in [0.4, 0.5) is 5.69 Å². The molecule has 3 nitrogen and oxygen atoms in total. The molecule has 3 heteroatoms. The first-order valence-electron chi connectivity index (χ1n) is 5.43. The molecule has 2 aliphatic rings. The van der Waals surface area contributed by atoms with Crippen molar-refractivity contribution >= 4 is 5.69 Å². The molecule has 1 spiro atoms. The van der Waals surface area contributed by atoms with Crippen LogP contribution in [0.15, 0.2) is 12.3 Å². The van der Waals surface area contributed by atoms with Crippen LogP contribution < -0.4 is 4.90 Å². The van der Waals surface area contributed by atoms with Crippen molar-refractivity contribution in [3.63, 3.8) is 0 Å². The van der Waals surface area contributed by atoms with Gasteiger partial charge in [-0.05, 0) is 18.6 Å². The highest BCUT2D eigenvalue weighted by molar-refractivity contribution is 5.54. The third kappa shape index (κ3) is 1.34. The fourth-order valence-electron chi connectivity index (χ4n) is 2.63. The Morgan fingerprint density at radius 2 is 2.27 bits per heavy atom. The summed E-state index contributed by atoms with van der Waals surface area (Å²) in [4.78, 5) is 6.87. The molecule has 3 heterocycles. The summed E-state index contributed by atoms with van der Waals surface area (Å²) in [5.74, 6) is 0. The summed E-state index contributed by atoms with van der Waals surface area (Å²) in [7, 11) is 2.15. The van der Waals surface area contributed by atoms with Gasteiger partial charge in [-0.1, -0.05) is 0 Å². The van der Waals surface area contributed by atoms with Gasteiger partial charge in [0.1, 0.15) is 0 Å². The second kappa shape index (κ2) is 2.95. The maximum Gasteiger partial charge on any atom is 0.0644 e. The molecule has 0 amide bonds. The number of pyridine rings is 1. The second-order valence-electron chi connectivity index (χ2n) is 5.00. The van der Waals surface area contributed by atoms with Gasteiger partial charge in [-0.15, -0.1) is 0 Å². The van der Waals surface area contributed by atoms with Crippen molar-refractivity contribution in [1.29, 1.82) is 0 Å². The Balaban J connectivity index is 2.01. The van der Waals surface area contributed by atoms with Crippen LogP contribution in [0.3, 0.4) is 0 Å². The van der Waals surface area contributed by atoms with E-state index in [0.29, 0.717) is 5.41 Å². The molecule has 3 rings (SSSR count). The van der Waals surface area contributed by atoms with E-state index in [2.05, 4.69) is 29.9 Å². The fourth-order valence-corrected chi connectivity index (χ4v) is 2.63. The minimum atomic E-state index is 0.351. The number of aryl methyl sites for hydroxylation is 1. The van der Waals surface area contributed by atoms with Gasteiger partial charge in [-0.25, -0.2) is 0 Å². The lowest BCUT2D eigenvalue weighted by Crippen LogP contribution is -2.54. The summed E-state index contributed by atoms with van der Waals surface area (Å²) >= 11 is 0. The van der Waals surface area contributed by atoms with Gasteiger partial charge in [0, 0.05) is 31.6 Å². The Morgan fingerprint density at radius 1 is 1.47 bits per heavy atom. The molecule has 15 heavy (non-hydrogen) atoms. The van der Waals surface area contributed by atoms with Crippen molar-refractivity contribution in [1.82, 2.24) is 4.98 Å². The van der Waals surface area contributed by atoms with Gasteiger partial charge in [0.15, 0.2) is 0 Å².